The molecule has 0 aliphatic carbocycles. The van der Waals surface area contributed by atoms with Gasteiger partial charge in [0, 0.05) is 17.7 Å². The van der Waals surface area contributed by atoms with Crippen molar-refractivity contribution in [2.45, 2.75) is 19.4 Å². The number of methoxy groups -OCH3 is 1. The molecular formula is C10H14FNO. The summed E-state index contributed by atoms with van der Waals surface area (Å²) < 4.78 is 18.2. The van der Waals surface area contributed by atoms with Gasteiger partial charge in [-0.1, -0.05) is 13.0 Å². The molecule has 1 unspecified atom stereocenters. The standard InChI is InChI=1S/C10H14FNO/c1-3-10(12)8-5-4-7(13-2)6-9(8)11/h4-6,10H,3,12H2,1-2H3. The molecule has 0 bridgehead atoms. The van der Waals surface area contributed by atoms with Crippen LogP contribution in [0.25, 0.3) is 0 Å². The minimum absolute atomic E-state index is 0.231. The molecule has 0 saturated carbocycles. The van der Waals surface area contributed by atoms with E-state index in [1.54, 1.807) is 12.1 Å². The molecule has 0 radical (unpaired) electrons. The van der Waals surface area contributed by atoms with Gasteiger partial charge in [-0.25, -0.2) is 4.39 Å². The first-order valence-electron chi connectivity index (χ1n) is 4.28. The summed E-state index contributed by atoms with van der Waals surface area (Å²) >= 11 is 0. The lowest BCUT2D eigenvalue weighted by Gasteiger charge is -2.10. The average Bonchev–Trinajstić information content (AvgIpc) is 2.16. The molecule has 0 aliphatic heterocycles. The van der Waals surface area contributed by atoms with Crippen LogP contribution >= 0.6 is 0 Å². The molecule has 3 heteroatoms. The number of ether oxygens (including phenoxy) is 1. The van der Waals surface area contributed by atoms with Gasteiger partial charge in [-0.05, 0) is 12.5 Å². The molecule has 13 heavy (non-hydrogen) atoms. The third-order valence-corrected chi connectivity index (χ3v) is 2.05. The molecule has 1 atom stereocenters. The predicted molar refractivity (Wildman–Crippen MR) is 50.2 cm³/mol. The average molecular weight is 183 g/mol. The fourth-order valence-electron chi connectivity index (χ4n) is 1.16. The van der Waals surface area contributed by atoms with Crippen LogP contribution in [0.3, 0.4) is 0 Å². The van der Waals surface area contributed by atoms with E-state index in [0.717, 1.165) is 6.42 Å². The van der Waals surface area contributed by atoms with Crippen molar-refractivity contribution in [2.75, 3.05) is 7.11 Å². The van der Waals surface area contributed by atoms with Crippen molar-refractivity contribution in [1.29, 1.82) is 0 Å². The SMILES string of the molecule is CCC(N)c1ccc(OC)cc1F. The summed E-state index contributed by atoms with van der Waals surface area (Å²) in [6, 6.07) is 4.51. The Hall–Kier alpha value is -1.09. The summed E-state index contributed by atoms with van der Waals surface area (Å²) in [5.74, 6) is 0.221. The molecule has 1 rings (SSSR count). The Morgan fingerprint density at radius 2 is 2.23 bits per heavy atom. The highest BCUT2D eigenvalue weighted by atomic mass is 19.1. The van der Waals surface area contributed by atoms with Gasteiger partial charge in [-0.2, -0.15) is 0 Å². The lowest BCUT2D eigenvalue weighted by molar-refractivity contribution is 0.410. The Bertz CT molecular complexity index is 288. The Labute approximate surface area is 77.5 Å². The summed E-state index contributed by atoms with van der Waals surface area (Å²) in [4.78, 5) is 0. The summed E-state index contributed by atoms with van der Waals surface area (Å²) in [6.07, 6.45) is 0.725. The van der Waals surface area contributed by atoms with Crippen LogP contribution in [0, 0.1) is 5.82 Å². The van der Waals surface area contributed by atoms with E-state index in [2.05, 4.69) is 0 Å². The van der Waals surface area contributed by atoms with Crippen LogP contribution in [0.2, 0.25) is 0 Å². The van der Waals surface area contributed by atoms with Crippen molar-refractivity contribution in [1.82, 2.24) is 0 Å². The normalized spacial score (nSPS) is 12.6. The van der Waals surface area contributed by atoms with Crippen LogP contribution in [0.4, 0.5) is 4.39 Å². The Morgan fingerprint density at radius 3 is 2.69 bits per heavy atom. The van der Waals surface area contributed by atoms with Crippen molar-refractivity contribution in [2.24, 2.45) is 5.73 Å². The largest absolute Gasteiger partial charge is 0.497 e. The van der Waals surface area contributed by atoms with Crippen LogP contribution in [0.1, 0.15) is 24.9 Å². The van der Waals surface area contributed by atoms with E-state index in [1.165, 1.54) is 13.2 Å². The van der Waals surface area contributed by atoms with E-state index in [-0.39, 0.29) is 11.9 Å². The summed E-state index contributed by atoms with van der Waals surface area (Å²) in [7, 11) is 1.51. The van der Waals surface area contributed by atoms with Gasteiger partial charge in [0.25, 0.3) is 0 Å². The highest BCUT2D eigenvalue weighted by molar-refractivity contribution is 5.30. The predicted octanol–water partition coefficient (Wildman–Crippen LogP) is 2.24. The number of nitrogens with two attached hydrogens (primary N) is 1. The van der Waals surface area contributed by atoms with Gasteiger partial charge in [-0.3, -0.25) is 0 Å². The number of rotatable bonds is 3. The van der Waals surface area contributed by atoms with Gasteiger partial charge in [-0.15, -0.1) is 0 Å². The molecule has 0 aliphatic rings. The molecule has 0 spiro atoms. The topological polar surface area (TPSA) is 35.2 Å². The maximum Gasteiger partial charge on any atom is 0.131 e. The Morgan fingerprint density at radius 1 is 1.54 bits per heavy atom. The van der Waals surface area contributed by atoms with Crippen LogP contribution in [-0.2, 0) is 0 Å². The number of hydrogen-bond acceptors (Lipinski definition) is 2. The van der Waals surface area contributed by atoms with Crippen molar-refractivity contribution in [3.63, 3.8) is 0 Å². The van der Waals surface area contributed by atoms with Crippen molar-refractivity contribution >= 4 is 0 Å². The molecule has 1 aromatic carbocycles. The number of benzene rings is 1. The molecule has 0 heterocycles. The molecular weight excluding hydrogens is 169 g/mol. The fourth-order valence-corrected chi connectivity index (χ4v) is 1.16. The lowest BCUT2D eigenvalue weighted by Crippen LogP contribution is -2.10. The summed E-state index contributed by atoms with van der Waals surface area (Å²) in [5, 5.41) is 0. The third kappa shape index (κ3) is 2.18. The molecule has 72 valence electrons. The maximum absolute atomic E-state index is 13.3. The molecule has 0 amide bonds. The van der Waals surface area contributed by atoms with Crippen LogP contribution < -0.4 is 10.5 Å². The number of hydrogen-bond donors (Lipinski definition) is 1. The minimum Gasteiger partial charge on any atom is -0.497 e. The first kappa shape index (κ1) is 9.99. The lowest BCUT2D eigenvalue weighted by atomic mass is 10.0. The zero-order chi connectivity index (χ0) is 9.84. The minimum atomic E-state index is -0.297. The molecule has 0 fully saturated rings. The van der Waals surface area contributed by atoms with Crippen molar-refractivity contribution in [3.8, 4) is 5.75 Å². The fraction of sp³-hybridized carbons (Fsp3) is 0.400. The molecule has 2 nitrogen and oxygen atoms in total. The Balaban J connectivity index is 2.98. The van der Waals surface area contributed by atoms with E-state index < -0.39 is 0 Å². The second-order valence-electron chi connectivity index (χ2n) is 2.90. The van der Waals surface area contributed by atoms with Gasteiger partial charge in [0.2, 0.25) is 0 Å². The van der Waals surface area contributed by atoms with Gasteiger partial charge in [0.05, 0.1) is 7.11 Å². The zero-order valence-electron chi connectivity index (χ0n) is 7.88. The van der Waals surface area contributed by atoms with Gasteiger partial charge in [0.15, 0.2) is 0 Å². The zero-order valence-corrected chi connectivity index (χ0v) is 7.88. The van der Waals surface area contributed by atoms with Crippen LogP contribution in [0.5, 0.6) is 5.75 Å². The maximum atomic E-state index is 13.3. The first-order valence-corrected chi connectivity index (χ1v) is 4.28. The van der Waals surface area contributed by atoms with E-state index in [0.29, 0.717) is 11.3 Å². The van der Waals surface area contributed by atoms with Gasteiger partial charge in [0.1, 0.15) is 11.6 Å². The highest BCUT2D eigenvalue weighted by Crippen LogP contribution is 2.21. The molecule has 1 aromatic rings. The highest BCUT2D eigenvalue weighted by Gasteiger charge is 2.09. The quantitative estimate of drug-likeness (QED) is 0.780. The number of halogens is 1. The molecule has 2 N–H and O–H groups in total. The smallest absolute Gasteiger partial charge is 0.131 e. The summed E-state index contributed by atoms with van der Waals surface area (Å²) in [5.41, 5.74) is 6.25. The van der Waals surface area contributed by atoms with Crippen LogP contribution in [-0.4, -0.2) is 7.11 Å². The second kappa shape index (κ2) is 4.23. The van der Waals surface area contributed by atoms with E-state index in [9.17, 15) is 4.39 Å². The monoisotopic (exact) mass is 183 g/mol. The van der Waals surface area contributed by atoms with Crippen molar-refractivity contribution in [3.05, 3.63) is 29.6 Å². The van der Waals surface area contributed by atoms with Crippen LogP contribution in [0.15, 0.2) is 18.2 Å². The van der Waals surface area contributed by atoms with E-state index >= 15 is 0 Å². The summed E-state index contributed by atoms with van der Waals surface area (Å²) in [6.45, 7) is 1.92. The van der Waals surface area contributed by atoms with Gasteiger partial charge < -0.3 is 10.5 Å². The van der Waals surface area contributed by atoms with E-state index in [4.69, 9.17) is 10.5 Å². The second-order valence-corrected chi connectivity index (χ2v) is 2.90. The van der Waals surface area contributed by atoms with Crippen molar-refractivity contribution < 1.29 is 9.13 Å². The first-order chi connectivity index (χ1) is 6.19. The third-order valence-electron chi connectivity index (χ3n) is 2.05. The molecule has 0 saturated heterocycles. The Kier molecular flexibility index (Phi) is 3.25. The molecule has 0 aromatic heterocycles. The van der Waals surface area contributed by atoms with E-state index in [1.807, 2.05) is 6.92 Å². The van der Waals surface area contributed by atoms with Gasteiger partial charge >= 0.3 is 0 Å².